The van der Waals surface area contributed by atoms with E-state index in [0.29, 0.717) is 18.2 Å². The van der Waals surface area contributed by atoms with E-state index in [1.165, 1.54) is 23.8 Å². The third kappa shape index (κ3) is 5.38. The number of amides is 1. The summed E-state index contributed by atoms with van der Waals surface area (Å²) in [5, 5.41) is 6.97. The van der Waals surface area contributed by atoms with Crippen LogP contribution < -0.4 is 5.32 Å². The minimum absolute atomic E-state index is 0.228. The average Bonchev–Trinajstić information content (AvgIpc) is 3.07. The summed E-state index contributed by atoms with van der Waals surface area (Å²) in [6, 6.07) is 14.5. The number of carbonyl (C=O) groups excluding carboxylic acids is 1. The summed E-state index contributed by atoms with van der Waals surface area (Å²) < 4.78 is 14.9. The molecule has 0 aliphatic rings. The van der Waals surface area contributed by atoms with Gasteiger partial charge in [-0.15, -0.1) is 0 Å². The van der Waals surface area contributed by atoms with E-state index in [1.807, 2.05) is 18.2 Å². The van der Waals surface area contributed by atoms with Crippen molar-refractivity contribution in [1.29, 1.82) is 0 Å². The molecule has 4 nitrogen and oxygen atoms in total. The molecule has 0 fully saturated rings. The summed E-state index contributed by atoms with van der Waals surface area (Å²) in [6.45, 7) is 4.73. The molecule has 2 aromatic carbocycles. The second-order valence-corrected chi connectivity index (χ2v) is 6.70. The van der Waals surface area contributed by atoms with E-state index in [2.05, 4.69) is 36.4 Å². The third-order valence-corrected chi connectivity index (χ3v) is 4.16. The minimum Gasteiger partial charge on any atom is -0.320 e. The number of hydrogen-bond acceptors (Lipinski definition) is 2. The zero-order valence-corrected chi connectivity index (χ0v) is 15.4. The van der Waals surface area contributed by atoms with Crippen molar-refractivity contribution in [3.63, 3.8) is 0 Å². The number of halogens is 1. The number of hydrogen-bond donors (Lipinski definition) is 1. The van der Waals surface area contributed by atoms with Crippen LogP contribution in [0, 0.1) is 5.82 Å². The highest BCUT2D eigenvalue weighted by molar-refractivity contribution is 6.01. The molecule has 3 aromatic rings. The Morgan fingerprint density at radius 2 is 2.00 bits per heavy atom. The Hall–Kier alpha value is -3.21. The Balaban J connectivity index is 1.57. The molecule has 5 heteroatoms. The number of carbonyl (C=O) groups is 1. The van der Waals surface area contributed by atoms with Crippen LogP contribution in [0.1, 0.15) is 36.5 Å². The summed E-state index contributed by atoms with van der Waals surface area (Å²) in [6.07, 6.45) is 6.56. The second kappa shape index (κ2) is 8.45. The number of anilines is 1. The molecule has 1 aromatic heterocycles. The Bertz CT molecular complexity index is 942. The molecule has 0 bridgehead atoms. The van der Waals surface area contributed by atoms with E-state index >= 15 is 0 Å². The van der Waals surface area contributed by atoms with Gasteiger partial charge in [0, 0.05) is 12.3 Å². The van der Waals surface area contributed by atoms with Gasteiger partial charge in [0.2, 0.25) is 5.91 Å². The summed E-state index contributed by atoms with van der Waals surface area (Å²) >= 11 is 0. The van der Waals surface area contributed by atoms with Gasteiger partial charge in [-0.2, -0.15) is 5.10 Å². The van der Waals surface area contributed by atoms with Gasteiger partial charge in [0.05, 0.1) is 18.4 Å². The smallest absolute Gasteiger partial charge is 0.248 e. The Labute approximate surface area is 158 Å². The first kappa shape index (κ1) is 18.6. The maximum absolute atomic E-state index is 13.2. The van der Waals surface area contributed by atoms with Gasteiger partial charge in [-0.3, -0.25) is 9.48 Å². The standard InChI is InChI=1S/C22H22FN3O/c1-16(2)19-9-6-17(7-10-19)8-11-22(27)25-21-13-24-26(15-21)14-18-4-3-5-20(23)12-18/h3-13,15-16H,14H2,1-2H3,(H,25,27)/b11-8+. The quantitative estimate of drug-likeness (QED) is 0.637. The lowest BCUT2D eigenvalue weighted by Crippen LogP contribution is -2.07. The van der Waals surface area contributed by atoms with Crippen molar-refractivity contribution in [2.24, 2.45) is 0 Å². The Kier molecular flexibility index (Phi) is 5.81. The molecule has 27 heavy (non-hydrogen) atoms. The predicted octanol–water partition coefficient (Wildman–Crippen LogP) is 4.85. The van der Waals surface area contributed by atoms with E-state index in [4.69, 9.17) is 0 Å². The highest BCUT2D eigenvalue weighted by atomic mass is 19.1. The number of nitrogens with zero attached hydrogens (tertiary/aromatic N) is 2. The third-order valence-electron chi connectivity index (χ3n) is 4.16. The van der Waals surface area contributed by atoms with Gasteiger partial charge in [-0.05, 0) is 40.8 Å². The fourth-order valence-corrected chi connectivity index (χ4v) is 2.68. The Morgan fingerprint density at radius 1 is 1.22 bits per heavy atom. The van der Waals surface area contributed by atoms with Gasteiger partial charge in [-0.25, -0.2) is 4.39 Å². The van der Waals surface area contributed by atoms with Crippen LogP contribution in [0.2, 0.25) is 0 Å². The topological polar surface area (TPSA) is 46.9 Å². The average molecular weight is 363 g/mol. The lowest BCUT2D eigenvalue weighted by Gasteiger charge is -2.04. The maximum atomic E-state index is 13.2. The lowest BCUT2D eigenvalue weighted by atomic mass is 10.0. The van der Waals surface area contributed by atoms with Crippen molar-refractivity contribution in [1.82, 2.24) is 9.78 Å². The molecule has 0 spiro atoms. The fourth-order valence-electron chi connectivity index (χ4n) is 2.68. The van der Waals surface area contributed by atoms with Crippen LogP contribution in [0.4, 0.5) is 10.1 Å². The maximum Gasteiger partial charge on any atom is 0.248 e. The van der Waals surface area contributed by atoms with Crippen molar-refractivity contribution in [2.75, 3.05) is 5.32 Å². The number of rotatable bonds is 6. The summed E-state index contributed by atoms with van der Waals surface area (Å²) in [7, 11) is 0. The van der Waals surface area contributed by atoms with E-state index in [9.17, 15) is 9.18 Å². The van der Waals surface area contributed by atoms with Crippen molar-refractivity contribution >= 4 is 17.7 Å². The number of benzene rings is 2. The first-order valence-electron chi connectivity index (χ1n) is 8.85. The van der Waals surface area contributed by atoms with Crippen molar-refractivity contribution < 1.29 is 9.18 Å². The van der Waals surface area contributed by atoms with Crippen LogP contribution in [-0.2, 0) is 11.3 Å². The molecule has 1 heterocycles. The van der Waals surface area contributed by atoms with Gasteiger partial charge in [0.1, 0.15) is 5.82 Å². The van der Waals surface area contributed by atoms with Gasteiger partial charge >= 0.3 is 0 Å². The van der Waals surface area contributed by atoms with Crippen LogP contribution in [0.15, 0.2) is 67.0 Å². The molecule has 0 saturated heterocycles. The molecule has 0 radical (unpaired) electrons. The first-order valence-corrected chi connectivity index (χ1v) is 8.85. The highest BCUT2D eigenvalue weighted by Crippen LogP contribution is 2.15. The molecule has 3 rings (SSSR count). The zero-order chi connectivity index (χ0) is 19.2. The van der Waals surface area contributed by atoms with Gasteiger partial charge in [0.25, 0.3) is 0 Å². The van der Waals surface area contributed by atoms with Crippen LogP contribution in [0.25, 0.3) is 6.08 Å². The summed E-state index contributed by atoms with van der Waals surface area (Å²) in [5.41, 5.74) is 3.63. The summed E-state index contributed by atoms with van der Waals surface area (Å²) in [5.74, 6) is -0.0248. The molecular weight excluding hydrogens is 341 g/mol. The lowest BCUT2D eigenvalue weighted by molar-refractivity contribution is -0.111. The van der Waals surface area contributed by atoms with Crippen LogP contribution >= 0.6 is 0 Å². The van der Waals surface area contributed by atoms with Crippen LogP contribution in [0.5, 0.6) is 0 Å². The molecule has 0 unspecified atom stereocenters. The number of aromatic nitrogens is 2. The largest absolute Gasteiger partial charge is 0.320 e. The summed E-state index contributed by atoms with van der Waals surface area (Å²) in [4.78, 5) is 12.1. The van der Waals surface area contributed by atoms with Crippen LogP contribution in [-0.4, -0.2) is 15.7 Å². The molecule has 0 aliphatic heterocycles. The number of nitrogens with one attached hydrogen (secondary N) is 1. The highest BCUT2D eigenvalue weighted by Gasteiger charge is 2.04. The normalized spacial score (nSPS) is 11.3. The molecule has 0 aliphatic carbocycles. The van der Waals surface area contributed by atoms with E-state index in [0.717, 1.165) is 11.1 Å². The van der Waals surface area contributed by atoms with Crippen LogP contribution in [0.3, 0.4) is 0 Å². The van der Waals surface area contributed by atoms with Gasteiger partial charge < -0.3 is 5.32 Å². The van der Waals surface area contributed by atoms with E-state index in [1.54, 1.807) is 29.2 Å². The Morgan fingerprint density at radius 3 is 2.70 bits per heavy atom. The van der Waals surface area contributed by atoms with Crippen molar-refractivity contribution in [3.05, 3.63) is 89.5 Å². The minimum atomic E-state index is -0.278. The van der Waals surface area contributed by atoms with Gasteiger partial charge in [0.15, 0.2) is 0 Å². The monoisotopic (exact) mass is 363 g/mol. The molecular formula is C22H22FN3O. The van der Waals surface area contributed by atoms with E-state index in [-0.39, 0.29) is 11.7 Å². The molecule has 0 saturated carbocycles. The van der Waals surface area contributed by atoms with E-state index < -0.39 is 0 Å². The first-order chi connectivity index (χ1) is 13.0. The van der Waals surface area contributed by atoms with Gasteiger partial charge in [-0.1, -0.05) is 50.2 Å². The predicted molar refractivity (Wildman–Crippen MR) is 106 cm³/mol. The fraction of sp³-hybridized carbons (Fsp3) is 0.182. The molecule has 138 valence electrons. The second-order valence-electron chi connectivity index (χ2n) is 6.70. The SMILES string of the molecule is CC(C)c1ccc(/C=C/C(=O)Nc2cnn(Cc3cccc(F)c3)c2)cc1. The van der Waals surface area contributed by atoms with Crippen molar-refractivity contribution in [2.45, 2.75) is 26.3 Å². The van der Waals surface area contributed by atoms with Crippen molar-refractivity contribution in [3.8, 4) is 0 Å². The zero-order valence-electron chi connectivity index (χ0n) is 15.4. The molecule has 0 atom stereocenters. The molecule has 1 amide bonds. The molecule has 1 N–H and O–H groups in total.